The monoisotopic (exact) mass is 319 g/mol. The van der Waals surface area contributed by atoms with E-state index < -0.39 is 0 Å². The summed E-state index contributed by atoms with van der Waals surface area (Å²) in [4.78, 5) is 15.8. The Kier molecular flexibility index (Phi) is 5.69. The summed E-state index contributed by atoms with van der Waals surface area (Å²) in [5, 5.41) is 0. The second kappa shape index (κ2) is 7.57. The fraction of sp³-hybridized carbons (Fsp3) is 0.952. The summed E-state index contributed by atoms with van der Waals surface area (Å²) in [7, 11) is 0. The average molecular weight is 320 g/mol. The predicted octanol–water partition coefficient (Wildman–Crippen LogP) is 5.41. The highest BCUT2D eigenvalue weighted by molar-refractivity contribution is 5.83. The highest BCUT2D eigenvalue weighted by Gasteiger charge is 2.55. The van der Waals surface area contributed by atoms with E-state index in [1.54, 1.807) is 0 Å². The molecule has 0 spiro atoms. The quantitative estimate of drug-likeness (QED) is 0.520. The highest BCUT2D eigenvalue weighted by Crippen LogP contribution is 2.60. The van der Waals surface area contributed by atoms with E-state index >= 15 is 0 Å². The van der Waals surface area contributed by atoms with E-state index in [0.717, 1.165) is 30.8 Å². The lowest BCUT2D eigenvalue weighted by Crippen LogP contribution is -2.54. The fourth-order valence-electron chi connectivity index (χ4n) is 6.13. The minimum Gasteiger partial charge on any atom is -0.342 e. The number of unbranched alkanes of at least 4 members (excludes halogenated alkanes) is 4. The summed E-state index contributed by atoms with van der Waals surface area (Å²) >= 11 is 0. The molecule has 0 heterocycles. The molecule has 0 unspecified atom stereocenters. The molecule has 4 aliphatic rings. The Hall–Kier alpha value is -0.530. The SMILES string of the molecule is CCCCCN(CCCCC)C(=O)C12CC3CC(CC(C3)C1)C2. The number of amides is 1. The molecule has 2 heteroatoms. The average Bonchev–Trinajstić information content (AvgIpc) is 2.52. The Morgan fingerprint density at radius 3 is 1.65 bits per heavy atom. The van der Waals surface area contributed by atoms with Crippen LogP contribution in [0.5, 0.6) is 0 Å². The molecule has 4 fully saturated rings. The molecule has 132 valence electrons. The molecule has 0 aliphatic heterocycles. The Balaban J connectivity index is 1.66. The minimum atomic E-state index is 0.0627. The molecule has 2 nitrogen and oxygen atoms in total. The van der Waals surface area contributed by atoms with E-state index in [9.17, 15) is 4.79 Å². The molecule has 1 amide bonds. The first-order valence-electron chi connectivity index (χ1n) is 10.5. The van der Waals surface area contributed by atoms with Crippen LogP contribution in [0.25, 0.3) is 0 Å². The number of hydrogen-bond donors (Lipinski definition) is 0. The maximum Gasteiger partial charge on any atom is 0.228 e. The second-order valence-corrected chi connectivity index (χ2v) is 8.90. The van der Waals surface area contributed by atoms with Crippen LogP contribution in [0.1, 0.15) is 90.9 Å². The van der Waals surface area contributed by atoms with Gasteiger partial charge in [-0.15, -0.1) is 0 Å². The Morgan fingerprint density at radius 2 is 1.26 bits per heavy atom. The molecule has 0 aromatic heterocycles. The molecule has 23 heavy (non-hydrogen) atoms. The first kappa shape index (κ1) is 17.3. The summed E-state index contributed by atoms with van der Waals surface area (Å²) in [5.41, 5.74) is 0.0627. The molecule has 4 aliphatic carbocycles. The van der Waals surface area contributed by atoms with Crippen molar-refractivity contribution in [3.8, 4) is 0 Å². The predicted molar refractivity (Wildman–Crippen MR) is 96.2 cm³/mol. The van der Waals surface area contributed by atoms with Crippen LogP contribution in [0.4, 0.5) is 0 Å². The van der Waals surface area contributed by atoms with E-state index in [2.05, 4.69) is 18.7 Å². The van der Waals surface area contributed by atoms with Crippen molar-refractivity contribution < 1.29 is 4.79 Å². The molecule has 0 radical (unpaired) electrons. The van der Waals surface area contributed by atoms with Gasteiger partial charge in [0.25, 0.3) is 0 Å². The number of hydrogen-bond acceptors (Lipinski definition) is 1. The summed E-state index contributed by atoms with van der Waals surface area (Å²) in [6.07, 6.45) is 15.3. The van der Waals surface area contributed by atoms with Crippen LogP contribution in [0.2, 0.25) is 0 Å². The summed E-state index contributed by atoms with van der Waals surface area (Å²) in [5.74, 6) is 3.18. The van der Waals surface area contributed by atoms with Gasteiger partial charge in [-0.05, 0) is 69.1 Å². The van der Waals surface area contributed by atoms with Crippen LogP contribution in [0, 0.1) is 23.2 Å². The van der Waals surface area contributed by atoms with Gasteiger partial charge in [-0.2, -0.15) is 0 Å². The van der Waals surface area contributed by atoms with Crippen molar-refractivity contribution in [2.75, 3.05) is 13.1 Å². The van der Waals surface area contributed by atoms with Gasteiger partial charge in [0.15, 0.2) is 0 Å². The van der Waals surface area contributed by atoms with Gasteiger partial charge in [0.2, 0.25) is 5.91 Å². The normalized spacial score (nSPS) is 34.8. The lowest BCUT2D eigenvalue weighted by Gasteiger charge is -2.56. The zero-order valence-electron chi connectivity index (χ0n) is 15.5. The third-order valence-electron chi connectivity index (χ3n) is 6.84. The van der Waals surface area contributed by atoms with Gasteiger partial charge >= 0.3 is 0 Å². The van der Waals surface area contributed by atoms with Crippen molar-refractivity contribution in [3.05, 3.63) is 0 Å². The molecule has 4 rings (SSSR count). The first-order chi connectivity index (χ1) is 11.2. The van der Waals surface area contributed by atoms with E-state index in [-0.39, 0.29) is 5.41 Å². The molecule has 0 aromatic carbocycles. The van der Waals surface area contributed by atoms with Crippen LogP contribution in [0.15, 0.2) is 0 Å². The van der Waals surface area contributed by atoms with Crippen molar-refractivity contribution in [1.82, 2.24) is 4.90 Å². The lowest BCUT2D eigenvalue weighted by atomic mass is 9.49. The van der Waals surface area contributed by atoms with Crippen LogP contribution in [0.3, 0.4) is 0 Å². The van der Waals surface area contributed by atoms with Gasteiger partial charge in [0, 0.05) is 13.1 Å². The first-order valence-corrected chi connectivity index (χ1v) is 10.5. The van der Waals surface area contributed by atoms with Crippen molar-refractivity contribution in [3.63, 3.8) is 0 Å². The largest absolute Gasteiger partial charge is 0.342 e. The summed E-state index contributed by atoms with van der Waals surface area (Å²) < 4.78 is 0. The van der Waals surface area contributed by atoms with Crippen molar-refractivity contribution >= 4 is 5.91 Å². The number of rotatable bonds is 9. The molecule has 0 aromatic rings. The van der Waals surface area contributed by atoms with Crippen LogP contribution in [-0.2, 0) is 4.79 Å². The van der Waals surface area contributed by atoms with E-state index in [0.29, 0.717) is 5.91 Å². The smallest absolute Gasteiger partial charge is 0.228 e. The maximum atomic E-state index is 13.5. The molecule has 4 saturated carbocycles. The van der Waals surface area contributed by atoms with Gasteiger partial charge in [-0.3, -0.25) is 4.79 Å². The third kappa shape index (κ3) is 3.77. The Morgan fingerprint density at radius 1 is 0.826 bits per heavy atom. The zero-order chi connectivity index (χ0) is 16.3. The standard InChI is InChI=1S/C21H37NO/c1-3-5-7-9-22(10-8-6-4-2)20(23)21-14-17-11-18(15-21)13-19(12-17)16-21/h17-19H,3-16H2,1-2H3. The van der Waals surface area contributed by atoms with Crippen LogP contribution in [-0.4, -0.2) is 23.9 Å². The second-order valence-electron chi connectivity index (χ2n) is 8.90. The third-order valence-corrected chi connectivity index (χ3v) is 6.84. The van der Waals surface area contributed by atoms with Gasteiger partial charge in [-0.25, -0.2) is 0 Å². The van der Waals surface area contributed by atoms with E-state index in [4.69, 9.17) is 0 Å². The molecule has 0 saturated heterocycles. The number of nitrogens with zero attached hydrogens (tertiary/aromatic N) is 1. The topological polar surface area (TPSA) is 20.3 Å². The van der Waals surface area contributed by atoms with Gasteiger partial charge in [0.05, 0.1) is 5.41 Å². The minimum absolute atomic E-state index is 0.0627. The molecular weight excluding hydrogens is 282 g/mol. The van der Waals surface area contributed by atoms with Gasteiger partial charge in [-0.1, -0.05) is 39.5 Å². The highest BCUT2D eigenvalue weighted by atomic mass is 16.2. The van der Waals surface area contributed by atoms with Crippen molar-refractivity contribution in [2.24, 2.45) is 23.2 Å². The zero-order valence-corrected chi connectivity index (χ0v) is 15.5. The van der Waals surface area contributed by atoms with Crippen LogP contribution < -0.4 is 0 Å². The summed E-state index contributed by atoms with van der Waals surface area (Å²) in [6.45, 7) is 6.53. The number of carbonyl (C=O) groups excluding carboxylic acids is 1. The van der Waals surface area contributed by atoms with E-state index in [1.165, 1.54) is 77.0 Å². The number of carbonyl (C=O) groups is 1. The van der Waals surface area contributed by atoms with Gasteiger partial charge in [0.1, 0.15) is 0 Å². The van der Waals surface area contributed by atoms with Gasteiger partial charge < -0.3 is 4.90 Å². The fourth-order valence-corrected chi connectivity index (χ4v) is 6.13. The van der Waals surface area contributed by atoms with Crippen molar-refractivity contribution in [1.29, 1.82) is 0 Å². The van der Waals surface area contributed by atoms with Crippen molar-refractivity contribution in [2.45, 2.75) is 90.9 Å². The molecule has 4 bridgehead atoms. The maximum absolute atomic E-state index is 13.5. The Bertz CT molecular complexity index is 357. The molecule has 0 atom stereocenters. The molecular formula is C21H37NO. The lowest BCUT2D eigenvalue weighted by molar-refractivity contribution is -0.157. The molecule has 0 N–H and O–H groups in total. The van der Waals surface area contributed by atoms with Crippen LogP contribution >= 0.6 is 0 Å². The Labute approximate surface area is 143 Å². The summed E-state index contributed by atoms with van der Waals surface area (Å²) in [6, 6.07) is 0. The van der Waals surface area contributed by atoms with E-state index in [1.807, 2.05) is 0 Å².